The summed E-state index contributed by atoms with van der Waals surface area (Å²) in [6.07, 6.45) is 4.60. The first-order valence-electron chi connectivity index (χ1n) is 10.0. The number of aromatic nitrogens is 1. The number of hydrogen-bond acceptors (Lipinski definition) is 5. The lowest BCUT2D eigenvalue weighted by Crippen LogP contribution is -2.51. The molecule has 1 aliphatic heterocycles. The fourth-order valence-corrected chi connectivity index (χ4v) is 3.47. The van der Waals surface area contributed by atoms with Gasteiger partial charge >= 0.3 is 0 Å². The molecule has 0 spiro atoms. The lowest BCUT2D eigenvalue weighted by atomic mass is 9.96. The Morgan fingerprint density at radius 1 is 1.13 bits per heavy atom. The molecule has 0 aliphatic carbocycles. The minimum atomic E-state index is -0.599. The highest BCUT2D eigenvalue weighted by Crippen LogP contribution is 2.22. The third kappa shape index (κ3) is 6.33. The fraction of sp³-hybridized carbons (Fsp3) is 0.409. The van der Waals surface area contributed by atoms with E-state index in [1.165, 1.54) is 24.3 Å². The Bertz CT molecular complexity index is 832. The number of halogens is 1. The quantitative estimate of drug-likeness (QED) is 0.608. The topological polar surface area (TPSA) is 101 Å². The van der Waals surface area contributed by atoms with Crippen molar-refractivity contribution in [3.8, 4) is 0 Å². The monoisotopic (exact) mass is 415 g/mol. The normalized spacial score (nSPS) is 21.1. The van der Waals surface area contributed by atoms with E-state index in [-0.39, 0.29) is 37.0 Å². The Labute approximate surface area is 174 Å². The lowest BCUT2D eigenvalue weighted by Gasteiger charge is -2.36. The van der Waals surface area contributed by atoms with Gasteiger partial charge in [-0.1, -0.05) is 0 Å². The van der Waals surface area contributed by atoms with Crippen LogP contribution in [0.4, 0.5) is 4.39 Å². The number of nitrogens with zero attached hydrogens (tertiary/aromatic N) is 1. The molecule has 1 aromatic carbocycles. The number of benzene rings is 1. The van der Waals surface area contributed by atoms with Gasteiger partial charge in [0.15, 0.2) is 0 Å². The first-order chi connectivity index (χ1) is 14.5. The number of ether oxygens (including phenoxy) is 1. The summed E-state index contributed by atoms with van der Waals surface area (Å²) < 4.78 is 18.9. The molecular formula is C22H26FN3O4. The van der Waals surface area contributed by atoms with Gasteiger partial charge in [-0.05, 0) is 61.2 Å². The van der Waals surface area contributed by atoms with Crippen LogP contribution >= 0.6 is 0 Å². The van der Waals surface area contributed by atoms with E-state index in [9.17, 15) is 19.1 Å². The number of aliphatic hydroxyl groups is 1. The van der Waals surface area contributed by atoms with Crippen LogP contribution in [0.5, 0.6) is 0 Å². The second-order valence-electron chi connectivity index (χ2n) is 7.30. The van der Waals surface area contributed by atoms with Gasteiger partial charge in [0.2, 0.25) is 5.91 Å². The van der Waals surface area contributed by atoms with Gasteiger partial charge in [0.1, 0.15) is 11.9 Å². The molecule has 30 heavy (non-hydrogen) atoms. The minimum Gasteiger partial charge on any atom is -0.394 e. The Balaban J connectivity index is 1.43. The zero-order chi connectivity index (χ0) is 21.3. The molecule has 3 atom stereocenters. The third-order valence-corrected chi connectivity index (χ3v) is 5.12. The summed E-state index contributed by atoms with van der Waals surface area (Å²) in [5, 5.41) is 15.4. The predicted octanol–water partition coefficient (Wildman–Crippen LogP) is 1.61. The lowest BCUT2D eigenvalue weighted by molar-refractivity contribution is -0.130. The van der Waals surface area contributed by atoms with Crippen molar-refractivity contribution in [3.05, 3.63) is 65.7 Å². The Hall–Kier alpha value is -2.84. The Morgan fingerprint density at radius 2 is 1.87 bits per heavy atom. The predicted molar refractivity (Wildman–Crippen MR) is 108 cm³/mol. The zero-order valence-corrected chi connectivity index (χ0v) is 16.6. The van der Waals surface area contributed by atoms with E-state index < -0.39 is 11.9 Å². The molecule has 2 amide bonds. The van der Waals surface area contributed by atoms with Crippen LogP contribution in [0.2, 0.25) is 0 Å². The molecule has 7 nitrogen and oxygen atoms in total. The van der Waals surface area contributed by atoms with E-state index in [4.69, 9.17) is 4.74 Å². The van der Waals surface area contributed by atoms with Crippen molar-refractivity contribution < 1.29 is 23.8 Å². The highest BCUT2D eigenvalue weighted by Gasteiger charge is 2.33. The van der Waals surface area contributed by atoms with Crippen molar-refractivity contribution in [1.82, 2.24) is 15.6 Å². The van der Waals surface area contributed by atoms with E-state index in [0.717, 1.165) is 12.0 Å². The van der Waals surface area contributed by atoms with E-state index in [1.807, 2.05) is 12.1 Å². The number of aliphatic hydroxyl groups excluding tert-OH is 1. The number of hydrogen-bond donors (Lipinski definition) is 3. The summed E-state index contributed by atoms with van der Waals surface area (Å²) in [5.41, 5.74) is 1.43. The molecule has 3 rings (SSSR count). The molecular weight excluding hydrogens is 389 g/mol. The van der Waals surface area contributed by atoms with Gasteiger partial charge in [-0.25, -0.2) is 4.39 Å². The summed E-state index contributed by atoms with van der Waals surface area (Å²) in [5.74, 6) is -0.878. The highest BCUT2D eigenvalue weighted by atomic mass is 19.1. The molecule has 3 N–H and O–H groups in total. The second-order valence-corrected chi connectivity index (χ2v) is 7.30. The molecule has 2 aromatic rings. The SMILES string of the molecule is O=C(C[C@@H]1CC[C@@H](NC(=O)c2ccc(F)cc2)[C@@H](CO)O1)NCCc1ccncc1. The van der Waals surface area contributed by atoms with Crippen molar-refractivity contribution >= 4 is 11.8 Å². The summed E-state index contributed by atoms with van der Waals surface area (Å²) in [7, 11) is 0. The van der Waals surface area contributed by atoms with E-state index in [1.54, 1.807) is 12.4 Å². The van der Waals surface area contributed by atoms with Crippen LogP contribution in [-0.2, 0) is 16.0 Å². The zero-order valence-electron chi connectivity index (χ0n) is 16.6. The number of pyridine rings is 1. The number of amides is 2. The second kappa shape index (κ2) is 10.8. The molecule has 8 heteroatoms. The highest BCUT2D eigenvalue weighted by molar-refractivity contribution is 5.94. The van der Waals surface area contributed by atoms with Crippen LogP contribution in [0.15, 0.2) is 48.8 Å². The fourth-order valence-electron chi connectivity index (χ4n) is 3.47. The molecule has 1 aromatic heterocycles. The van der Waals surface area contributed by atoms with Crippen LogP contribution in [0.3, 0.4) is 0 Å². The van der Waals surface area contributed by atoms with Crippen LogP contribution in [0, 0.1) is 5.82 Å². The largest absolute Gasteiger partial charge is 0.394 e. The van der Waals surface area contributed by atoms with Crippen LogP contribution in [0.25, 0.3) is 0 Å². The molecule has 2 heterocycles. The maximum atomic E-state index is 13.0. The third-order valence-electron chi connectivity index (χ3n) is 5.12. The van der Waals surface area contributed by atoms with E-state index in [0.29, 0.717) is 24.9 Å². The molecule has 0 saturated carbocycles. The van der Waals surface area contributed by atoms with Gasteiger partial charge in [-0.15, -0.1) is 0 Å². The average molecular weight is 415 g/mol. The first kappa shape index (κ1) is 21.9. The van der Waals surface area contributed by atoms with Crippen molar-refractivity contribution in [3.63, 3.8) is 0 Å². The first-order valence-corrected chi connectivity index (χ1v) is 10.0. The molecule has 0 unspecified atom stereocenters. The number of rotatable bonds is 8. The maximum absolute atomic E-state index is 13.0. The molecule has 1 saturated heterocycles. The molecule has 0 radical (unpaired) electrons. The van der Waals surface area contributed by atoms with Gasteiger partial charge in [-0.2, -0.15) is 0 Å². The van der Waals surface area contributed by atoms with E-state index in [2.05, 4.69) is 15.6 Å². The van der Waals surface area contributed by atoms with Gasteiger partial charge in [0.25, 0.3) is 5.91 Å². The molecule has 1 fully saturated rings. The van der Waals surface area contributed by atoms with Crippen molar-refractivity contribution in [2.45, 2.75) is 43.9 Å². The van der Waals surface area contributed by atoms with Gasteiger partial charge in [0.05, 0.1) is 25.2 Å². The van der Waals surface area contributed by atoms with Gasteiger partial charge in [-0.3, -0.25) is 14.6 Å². The van der Waals surface area contributed by atoms with Crippen molar-refractivity contribution in [2.24, 2.45) is 0 Å². The van der Waals surface area contributed by atoms with E-state index >= 15 is 0 Å². The standard InChI is InChI=1S/C22H26FN3O4/c23-17-3-1-16(2-4-17)22(29)26-19-6-5-18(30-20(19)14-27)13-21(28)25-12-9-15-7-10-24-11-8-15/h1-4,7-8,10-11,18-20,27H,5-6,9,12-14H2,(H,25,28)(H,26,29)/t18-,19+,20+/m0/s1. The van der Waals surface area contributed by atoms with Crippen molar-refractivity contribution in [2.75, 3.05) is 13.2 Å². The van der Waals surface area contributed by atoms with Crippen LogP contribution in [-0.4, -0.2) is 53.3 Å². The summed E-state index contributed by atoms with van der Waals surface area (Å²) in [6, 6.07) is 8.69. The smallest absolute Gasteiger partial charge is 0.251 e. The summed E-state index contributed by atoms with van der Waals surface area (Å²) in [6.45, 7) is 0.254. The number of carbonyl (C=O) groups is 2. The van der Waals surface area contributed by atoms with Gasteiger partial charge < -0.3 is 20.5 Å². The molecule has 0 bridgehead atoms. The molecule has 1 aliphatic rings. The van der Waals surface area contributed by atoms with Crippen molar-refractivity contribution in [1.29, 1.82) is 0 Å². The van der Waals surface area contributed by atoms with Gasteiger partial charge in [0, 0.05) is 24.5 Å². The minimum absolute atomic E-state index is 0.112. The Kier molecular flexibility index (Phi) is 7.87. The summed E-state index contributed by atoms with van der Waals surface area (Å²) >= 11 is 0. The number of carbonyl (C=O) groups excluding carboxylic acids is 2. The Morgan fingerprint density at radius 3 is 2.57 bits per heavy atom. The van der Waals surface area contributed by atoms with Crippen LogP contribution < -0.4 is 10.6 Å². The van der Waals surface area contributed by atoms with Crippen LogP contribution in [0.1, 0.15) is 35.2 Å². The number of nitrogens with one attached hydrogen (secondary N) is 2. The average Bonchev–Trinajstić information content (AvgIpc) is 2.76. The maximum Gasteiger partial charge on any atom is 0.251 e. The summed E-state index contributed by atoms with van der Waals surface area (Å²) in [4.78, 5) is 28.5. The molecule has 160 valence electrons.